The summed E-state index contributed by atoms with van der Waals surface area (Å²) in [4.78, 5) is 4.31. The van der Waals surface area contributed by atoms with Crippen LogP contribution in [0.15, 0.2) is 114 Å². The molecule has 2 heterocycles. The van der Waals surface area contributed by atoms with Crippen LogP contribution in [-0.4, -0.2) is 6.71 Å². The summed E-state index contributed by atoms with van der Waals surface area (Å²) in [7, 11) is 0. The molecule has 0 N–H and O–H groups in total. The van der Waals surface area contributed by atoms with Crippen LogP contribution in [0.5, 0.6) is 0 Å². The number of benzene rings is 3. The standard InChI is InChI=1S/C55H70BNS/c1-12-15-17-19-24-40-30-31-45-49(36-40)57(47-29-22-21-26-41(47)25-20-18-16-13-2)48-35-39(5)38(4)34-46(48)56(45)52-44(14-3)50-51(58-52)54(9,10)32-33-55(50,11)43-28-23-27-42(37-43)53(6,7)8/h17-23,26-31,35-38H,12-16,24-25,32-34H2,1-11H3/b19-17-,20-18-. The number of para-hydroxylation sites is 1. The van der Waals surface area contributed by atoms with Gasteiger partial charge in [-0.25, -0.2) is 0 Å². The van der Waals surface area contributed by atoms with Crippen LogP contribution >= 0.6 is 11.3 Å². The highest BCUT2D eigenvalue weighted by molar-refractivity contribution is 7.27. The normalized spacial score (nSPS) is 20.5. The minimum Gasteiger partial charge on any atom is -0.312 e. The predicted octanol–water partition coefficient (Wildman–Crippen LogP) is 14.3. The van der Waals surface area contributed by atoms with Crippen LogP contribution in [0.1, 0.15) is 159 Å². The fourth-order valence-electron chi connectivity index (χ4n) is 10.00. The molecule has 1 aliphatic heterocycles. The number of allylic oxidation sites excluding steroid dienone is 7. The maximum absolute atomic E-state index is 2.68. The van der Waals surface area contributed by atoms with Crippen molar-refractivity contribution < 1.29 is 0 Å². The molecule has 2 aliphatic carbocycles. The molecule has 2 atom stereocenters. The third-order valence-electron chi connectivity index (χ3n) is 13.8. The Kier molecular flexibility index (Phi) is 12.4. The lowest BCUT2D eigenvalue weighted by atomic mass is 9.35. The molecule has 3 heteroatoms. The van der Waals surface area contributed by atoms with Crippen LogP contribution in [-0.2, 0) is 35.5 Å². The molecule has 0 radical (unpaired) electrons. The molecule has 3 aromatic carbocycles. The summed E-state index contributed by atoms with van der Waals surface area (Å²) in [5.74, 6) is 0.501. The van der Waals surface area contributed by atoms with Crippen molar-refractivity contribution in [3.63, 3.8) is 0 Å². The Labute approximate surface area is 357 Å². The van der Waals surface area contributed by atoms with E-state index in [4.69, 9.17) is 0 Å². The molecular formula is C55H70BNS. The summed E-state index contributed by atoms with van der Waals surface area (Å²) in [5, 5.41) is 0. The number of nitrogens with zero attached hydrogens (tertiary/aromatic N) is 1. The van der Waals surface area contributed by atoms with Crippen molar-refractivity contribution in [3.8, 4) is 0 Å². The average molecular weight is 788 g/mol. The molecule has 7 rings (SSSR count). The van der Waals surface area contributed by atoms with E-state index in [1.54, 1.807) is 26.3 Å². The van der Waals surface area contributed by atoms with E-state index in [0.29, 0.717) is 5.92 Å². The molecule has 4 aromatic rings. The van der Waals surface area contributed by atoms with Gasteiger partial charge in [-0.15, -0.1) is 0 Å². The largest absolute Gasteiger partial charge is 0.312 e. The van der Waals surface area contributed by atoms with Gasteiger partial charge in [0.2, 0.25) is 0 Å². The number of hydrogen-bond acceptors (Lipinski definition) is 2. The van der Waals surface area contributed by atoms with Gasteiger partial charge < -0.3 is 4.90 Å². The smallest absolute Gasteiger partial charge is 0.255 e. The Hall–Kier alpha value is -3.82. The highest BCUT2D eigenvalue weighted by atomic mass is 32.1. The molecule has 0 spiro atoms. The van der Waals surface area contributed by atoms with Gasteiger partial charge >= 0.3 is 0 Å². The van der Waals surface area contributed by atoms with Crippen molar-refractivity contribution in [2.75, 3.05) is 4.90 Å². The zero-order valence-corrected chi connectivity index (χ0v) is 38.6. The van der Waals surface area contributed by atoms with Gasteiger partial charge in [0.15, 0.2) is 0 Å². The number of thiophene rings is 1. The minimum absolute atomic E-state index is 0.0395. The second kappa shape index (κ2) is 17.0. The van der Waals surface area contributed by atoms with Gasteiger partial charge in [0, 0.05) is 27.4 Å². The first kappa shape index (κ1) is 42.3. The zero-order valence-electron chi connectivity index (χ0n) is 37.8. The Morgan fingerprint density at radius 3 is 2.26 bits per heavy atom. The van der Waals surface area contributed by atoms with Gasteiger partial charge in [0.05, 0.1) is 0 Å². The third kappa shape index (κ3) is 7.94. The number of anilines is 2. The molecule has 304 valence electrons. The lowest BCUT2D eigenvalue weighted by Crippen LogP contribution is -2.52. The van der Waals surface area contributed by atoms with Crippen molar-refractivity contribution in [1.29, 1.82) is 0 Å². The summed E-state index contributed by atoms with van der Waals surface area (Å²) in [6.45, 7) is 26.7. The first-order chi connectivity index (χ1) is 27.7. The highest BCUT2D eigenvalue weighted by Crippen LogP contribution is 2.54. The van der Waals surface area contributed by atoms with E-state index in [-0.39, 0.29) is 23.0 Å². The molecule has 1 aromatic heterocycles. The highest BCUT2D eigenvalue weighted by Gasteiger charge is 2.48. The summed E-state index contributed by atoms with van der Waals surface area (Å²) in [6.07, 6.45) is 23.1. The van der Waals surface area contributed by atoms with Crippen LogP contribution < -0.4 is 15.1 Å². The molecule has 0 saturated carbocycles. The average Bonchev–Trinajstić information content (AvgIpc) is 3.61. The van der Waals surface area contributed by atoms with Gasteiger partial charge in [0.1, 0.15) is 0 Å². The molecular weight excluding hydrogens is 717 g/mol. The van der Waals surface area contributed by atoms with Crippen molar-refractivity contribution in [2.45, 2.75) is 157 Å². The molecule has 0 bridgehead atoms. The van der Waals surface area contributed by atoms with E-state index in [1.807, 2.05) is 0 Å². The topological polar surface area (TPSA) is 3.24 Å². The summed E-state index contributed by atoms with van der Waals surface area (Å²) in [5.41, 5.74) is 17.8. The van der Waals surface area contributed by atoms with Gasteiger partial charge in [-0.3, -0.25) is 0 Å². The fraction of sp³-hybridized carbons (Fsp3) is 0.455. The van der Waals surface area contributed by atoms with Gasteiger partial charge in [-0.2, -0.15) is 11.3 Å². The third-order valence-corrected chi connectivity index (χ3v) is 15.5. The van der Waals surface area contributed by atoms with Crippen LogP contribution in [0.25, 0.3) is 0 Å². The van der Waals surface area contributed by atoms with Crippen LogP contribution in [0.3, 0.4) is 0 Å². The van der Waals surface area contributed by atoms with E-state index in [1.165, 1.54) is 76.0 Å². The second-order valence-corrected chi connectivity index (χ2v) is 20.7. The molecule has 58 heavy (non-hydrogen) atoms. The lowest BCUT2D eigenvalue weighted by molar-refractivity contribution is 0.355. The van der Waals surface area contributed by atoms with Gasteiger partial charge in [0.25, 0.3) is 6.71 Å². The van der Waals surface area contributed by atoms with Crippen LogP contribution in [0, 0.1) is 5.92 Å². The molecule has 0 amide bonds. The summed E-state index contributed by atoms with van der Waals surface area (Å²) in [6, 6.07) is 26.4. The minimum atomic E-state index is -0.0395. The quantitative estimate of drug-likeness (QED) is 0.102. The van der Waals surface area contributed by atoms with Gasteiger partial charge in [-0.05, 0) is 137 Å². The number of rotatable bonds is 12. The first-order valence-corrected chi connectivity index (χ1v) is 23.5. The first-order valence-electron chi connectivity index (χ1n) is 22.7. The van der Waals surface area contributed by atoms with Crippen molar-refractivity contribution in [3.05, 3.63) is 152 Å². The predicted molar refractivity (Wildman–Crippen MR) is 258 cm³/mol. The summed E-state index contributed by atoms with van der Waals surface area (Å²) >= 11 is 2.17. The molecule has 0 saturated heterocycles. The molecule has 1 nitrogen and oxygen atoms in total. The molecule has 2 unspecified atom stereocenters. The van der Waals surface area contributed by atoms with E-state index in [2.05, 4.69) is 190 Å². The summed E-state index contributed by atoms with van der Waals surface area (Å²) < 4.78 is 1.60. The number of unbranched alkanes of at least 4 members (excludes halogenated alkanes) is 2. The zero-order chi connectivity index (χ0) is 41.4. The maximum Gasteiger partial charge on any atom is 0.255 e. The molecule has 3 aliphatic rings. The van der Waals surface area contributed by atoms with Crippen LogP contribution in [0.2, 0.25) is 0 Å². The number of hydrogen-bond donors (Lipinski definition) is 0. The Bertz CT molecular complexity index is 2250. The Balaban J connectivity index is 1.49. The lowest BCUT2D eigenvalue weighted by Gasteiger charge is -2.43. The monoisotopic (exact) mass is 788 g/mol. The molecule has 0 fully saturated rings. The maximum atomic E-state index is 2.68. The van der Waals surface area contributed by atoms with Gasteiger partial charge in [-0.1, -0.05) is 172 Å². The Morgan fingerprint density at radius 2 is 1.55 bits per heavy atom. The second-order valence-electron chi connectivity index (χ2n) is 19.7. The Morgan fingerprint density at radius 1 is 0.828 bits per heavy atom. The SMILES string of the molecule is CCC/C=C\Cc1ccc2c(c1)N(c1ccccc1C/C=C\CCC)C1=C(CC(C)C(C)=C1)B2c1sc2c(c1CC)C(C)(c1cccc(C(C)(C)C)c1)CCC2(C)C. The van der Waals surface area contributed by atoms with E-state index >= 15 is 0 Å². The fourth-order valence-corrected chi connectivity index (χ4v) is 11.8. The van der Waals surface area contributed by atoms with Crippen LogP contribution in [0.4, 0.5) is 11.4 Å². The van der Waals surface area contributed by atoms with Crippen molar-refractivity contribution in [1.82, 2.24) is 0 Å². The van der Waals surface area contributed by atoms with Crippen molar-refractivity contribution >= 4 is 39.7 Å². The number of fused-ring (bicyclic) bond motifs is 2. The van der Waals surface area contributed by atoms with Crippen molar-refractivity contribution in [2.24, 2.45) is 5.92 Å². The van der Waals surface area contributed by atoms with E-state index in [9.17, 15) is 0 Å². The van der Waals surface area contributed by atoms with E-state index in [0.717, 1.165) is 38.5 Å². The van der Waals surface area contributed by atoms with E-state index < -0.39 is 0 Å².